The topological polar surface area (TPSA) is 35.9 Å². The molecule has 0 radical (unpaired) electrons. The van der Waals surface area contributed by atoms with Crippen molar-refractivity contribution in [2.45, 2.75) is 45.6 Å². The molecule has 2 aromatic rings. The number of nitrogens with zero attached hydrogens (tertiary/aromatic N) is 3. The first-order chi connectivity index (χ1) is 14.0. The van der Waals surface area contributed by atoms with Gasteiger partial charge in [0.25, 0.3) is 5.91 Å². The molecule has 29 heavy (non-hydrogen) atoms. The highest BCUT2D eigenvalue weighted by Gasteiger charge is 2.35. The van der Waals surface area contributed by atoms with E-state index in [1.165, 1.54) is 17.5 Å². The maximum absolute atomic E-state index is 13.3. The van der Waals surface area contributed by atoms with Crippen molar-refractivity contribution in [1.82, 2.24) is 9.91 Å². The first-order valence-corrected chi connectivity index (χ1v) is 10.8. The quantitative estimate of drug-likeness (QED) is 0.702. The van der Waals surface area contributed by atoms with Crippen LogP contribution >= 0.6 is 11.6 Å². The Kier molecular flexibility index (Phi) is 6.02. The number of aryl methyl sites for hydroxylation is 2. The van der Waals surface area contributed by atoms with Crippen molar-refractivity contribution >= 4 is 23.2 Å². The van der Waals surface area contributed by atoms with Gasteiger partial charge in [-0.25, -0.2) is 5.01 Å². The summed E-state index contributed by atoms with van der Waals surface area (Å²) in [7, 11) is 0. The summed E-state index contributed by atoms with van der Waals surface area (Å²) in [4.78, 5) is 15.5. The fourth-order valence-electron chi connectivity index (χ4n) is 4.32. The zero-order chi connectivity index (χ0) is 20.4. The van der Waals surface area contributed by atoms with Gasteiger partial charge in [-0.1, -0.05) is 53.9 Å². The molecule has 4 rings (SSSR count). The molecule has 4 nitrogen and oxygen atoms in total. The van der Waals surface area contributed by atoms with Gasteiger partial charge >= 0.3 is 0 Å². The molecule has 2 aromatic carbocycles. The summed E-state index contributed by atoms with van der Waals surface area (Å²) in [5.74, 6) is 0.0529. The van der Waals surface area contributed by atoms with Gasteiger partial charge in [0.05, 0.1) is 18.3 Å². The summed E-state index contributed by atoms with van der Waals surface area (Å²) < 4.78 is 0. The van der Waals surface area contributed by atoms with E-state index in [1.54, 1.807) is 5.01 Å². The predicted molar refractivity (Wildman–Crippen MR) is 118 cm³/mol. The average molecular weight is 410 g/mol. The number of hydrazone groups is 1. The highest BCUT2D eigenvalue weighted by atomic mass is 35.5. The Balaban J connectivity index is 1.66. The van der Waals surface area contributed by atoms with E-state index in [-0.39, 0.29) is 11.9 Å². The summed E-state index contributed by atoms with van der Waals surface area (Å²) in [6.45, 7) is 6.58. The molecule has 1 fully saturated rings. The van der Waals surface area contributed by atoms with Gasteiger partial charge in [-0.15, -0.1) is 0 Å². The van der Waals surface area contributed by atoms with Gasteiger partial charge in [-0.05, 0) is 63.0 Å². The zero-order valence-corrected chi connectivity index (χ0v) is 18.0. The lowest BCUT2D eigenvalue weighted by atomic mass is 9.95. The van der Waals surface area contributed by atoms with Gasteiger partial charge in [-0.2, -0.15) is 5.10 Å². The number of benzene rings is 2. The maximum atomic E-state index is 13.3. The van der Waals surface area contributed by atoms with Crippen molar-refractivity contribution in [2.24, 2.45) is 5.10 Å². The van der Waals surface area contributed by atoms with Crippen molar-refractivity contribution in [3.63, 3.8) is 0 Å². The standard InChI is InChI=1S/C24H28ClN3O/c1-17-10-11-18(2)20(14-17)22-15-23(19-8-4-5-9-21(19)25)28(26-22)24(29)16-27-12-6-3-7-13-27/h4-5,8-11,14,23H,3,6-7,12-13,15-16H2,1-2H3/t23-/m1/s1. The number of carbonyl (C=O) groups is 1. The molecule has 0 bridgehead atoms. The van der Waals surface area contributed by atoms with Crippen LogP contribution in [0, 0.1) is 13.8 Å². The predicted octanol–water partition coefficient (Wildman–Crippen LogP) is 5.12. The van der Waals surface area contributed by atoms with E-state index in [0.717, 1.165) is 42.8 Å². The number of amides is 1. The normalized spacial score (nSPS) is 20.0. The highest BCUT2D eigenvalue weighted by molar-refractivity contribution is 6.31. The van der Waals surface area contributed by atoms with E-state index >= 15 is 0 Å². The molecule has 5 heteroatoms. The average Bonchev–Trinajstić information content (AvgIpc) is 3.16. The summed E-state index contributed by atoms with van der Waals surface area (Å²) in [6, 6.07) is 14.0. The van der Waals surface area contributed by atoms with Crippen LogP contribution in [0.25, 0.3) is 0 Å². The number of halogens is 1. The number of rotatable bonds is 4. The molecular weight excluding hydrogens is 382 g/mol. The third-order valence-corrected chi connectivity index (χ3v) is 6.29. The van der Waals surface area contributed by atoms with Crippen LogP contribution in [0.1, 0.15) is 54.0 Å². The smallest absolute Gasteiger partial charge is 0.257 e. The van der Waals surface area contributed by atoms with Crippen molar-refractivity contribution in [1.29, 1.82) is 0 Å². The number of likely N-dealkylation sites (tertiary alicyclic amines) is 1. The minimum absolute atomic E-state index is 0.0529. The van der Waals surface area contributed by atoms with Gasteiger partial charge in [0, 0.05) is 17.0 Å². The first kappa shape index (κ1) is 20.1. The summed E-state index contributed by atoms with van der Waals surface area (Å²) in [5.41, 5.74) is 5.42. The van der Waals surface area contributed by atoms with Gasteiger partial charge in [0.1, 0.15) is 0 Å². The summed E-state index contributed by atoms with van der Waals surface area (Å²) in [5, 5.41) is 7.21. The van der Waals surface area contributed by atoms with Crippen molar-refractivity contribution in [3.8, 4) is 0 Å². The van der Waals surface area contributed by atoms with Gasteiger partial charge in [-0.3, -0.25) is 9.69 Å². The van der Waals surface area contributed by atoms with Crippen LogP contribution in [0.4, 0.5) is 0 Å². The second-order valence-electron chi connectivity index (χ2n) is 8.18. The van der Waals surface area contributed by atoms with Crippen LogP contribution in [0.5, 0.6) is 0 Å². The lowest BCUT2D eigenvalue weighted by Crippen LogP contribution is -2.40. The monoisotopic (exact) mass is 409 g/mol. The number of carbonyl (C=O) groups excluding carboxylic acids is 1. The lowest BCUT2D eigenvalue weighted by Gasteiger charge is -2.29. The molecule has 1 atom stereocenters. The van der Waals surface area contributed by atoms with E-state index < -0.39 is 0 Å². The van der Waals surface area contributed by atoms with Crippen LogP contribution in [0.2, 0.25) is 5.02 Å². The SMILES string of the molecule is Cc1ccc(C)c(C2=NN(C(=O)CN3CCCCC3)[C@@H](c3ccccc3Cl)C2)c1. The third kappa shape index (κ3) is 4.39. The number of hydrogen-bond acceptors (Lipinski definition) is 3. The molecule has 2 heterocycles. The summed E-state index contributed by atoms with van der Waals surface area (Å²) >= 11 is 6.52. The van der Waals surface area contributed by atoms with Crippen LogP contribution in [0.3, 0.4) is 0 Å². The Morgan fingerprint density at radius 3 is 2.62 bits per heavy atom. The fourth-order valence-corrected chi connectivity index (χ4v) is 4.58. The minimum atomic E-state index is -0.157. The zero-order valence-electron chi connectivity index (χ0n) is 17.2. The Morgan fingerprint density at radius 1 is 1.10 bits per heavy atom. The minimum Gasteiger partial charge on any atom is -0.294 e. The van der Waals surface area contributed by atoms with E-state index in [1.807, 2.05) is 24.3 Å². The molecule has 152 valence electrons. The van der Waals surface area contributed by atoms with Crippen LogP contribution in [0.15, 0.2) is 47.6 Å². The Bertz CT molecular complexity index is 933. The molecule has 0 aliphatic carbocycles. The Morgan fingerprint density at radius 2 is 1.86 bits per heavy atom. The van der Waals surface area contributed by atoms with Gasteiger partial charge in [0.2, 0.25) is 0 Å². The second-order valence-corrected chi connectivity index (χ2v) is 8.59. The second kappa shape index (κ2) is 8.68. The largest absolute Gasteiger partial charge is 0.294 e. The van der Waals surface area contributed by atoms with E-state index in [9.17, 15) is 4.79 Å². The van der Waals surface area contributed by atoms with Crippen molar-refractivity contribution < 1.29 is 4.79 Å². The van der Waals surface area contributed by atoms with Crippen LogP contribution < -0.4 is 0 Å². The molecule has 1 amide bonds. The van der Waals surface area contributed by atoms with Crippen LogP contribution in [-0.4, -0.2) is 41.2 Å². The van der Waals surface area contributed by atoms with Gasteiger partial charge in [0.15, 0.2) is 0 Å². The van der Waals surface area contributed by atoms with E-state index in [4.69, 9.17) is 16.7 Å². The van der Waals surface area contributed by atoms with E-state index in [2.05, 4.69) is 36.9 Å². The van der Waals surface area contributed by atoms with Gasteiger partial charge < -0.3 is 0 Å². The molecule has 0 spiro atoms. The fraction of sp³-hybridized carbons (Fsp3) is 0.417. The third-order valence-electron chi connectivity index (χ3n) is 5.94. The number of piperidine rings is 1. The molecule has 2 aliphatic heterocycles. The van der Waals surface area contributed by atoms with Crippen molar-refractivity contribution in [3.05, 3.63) is 69.7 Å². The van der Waals surface area contributed by atoms with E-state index in [0.29, 0.717) is 18.0 Å². The summed E-state index contributed by atoms with van der Waals surface area (Å²) in [6.07, 6.45) is 4.27. The molecule has 1 saturated heterocycles. The maximum Gasteiger partial charge on any atom is 0.257 e. The molecular formula is C24H28ClN3O. The highest BCUT2D eigenvalue weighted by Crippen LogP contribution is 2.37. The number of hydrogen-bond donors (Lipinski definition) is 0. The van der Waals surface area contributed by atoms with Crippen molar-refractivity contribution in [2.75, 3.05) is 19.6 Å². The molecule has 0 aromatic heterocycles. The molecule has 2 aliphatic rings. The lowest BCUT2D eigenvalue weighted by molar-refractivity contribution is -0.134. The molecule has 0 unspecified atom stereocenters. The Labute approximate surface area is 178 Å². The Hall–Kier alpha value is -2.17. The molecule has 0 N–H and O–H groups in total. The molecule has 0 saturated carbocycles. The first-order valence-electron chi connectivity index (χ1n) is 10.5. The van der Waals surface area contributed by atoms with Crippen LogP contribution in [-0.2, 0) is 4.79 Å².